The number of aryl methyl sites for hydroxylation is 1. The van der Waals surface area contributed by atoms with Crippen LogP contribution < -0.4 is 5.32 Å². The number of carbonyl (C=O) groups excluding carboxylic acids is 1. The Morgan fingerprint density at radius 3 is 3.10 bits per heavy atom. The molecule has 1 aliphatic rings. The topological polar surface area (TPSA) is 90.9 Å². The van der Waals surface area contributed by atoms with E-state index in [1.807, 2.05) is 13.0 Å². The molecule has 1 saturated carbocycles. The van der Waals surface area contributed by atoms with Crippen LogP contribution in [0.5, 0.6) is 0 Å². The maximum absolute atomic E-state index is 12.4. The van der Waals surface area contributed by atoms with Gasteiger partial charge in [0.25, 0.3) is 5.91 Å². The summed E-state index contributed by atoms with van der Waals surface area (Å²) in [5.41, 5.74) is 2.06. The van der Waals surface area contributed by atoms with Gasteiger partial charge in [-0.05, 0) is 25.8 Å². The van der Waals surface area contributed by atoms with Gasteiger partial charge in [0.15, 0.2) is 5.65 Å². The molecule has 112 valence electrons. The molecule has 1 amide bonds. The van der Waals surface area contributed by atoms with E-state index in [1.165, 1.54) is 0 Å². The van der Waals surface area contributed by atoms with Gasteiger partial charge in [0.2, 0.25) is 0 Å². The molecule has 1 fully saturated rings. The third-order valence-electron chi connectivity index (χ3n) is 4.32. The number of amides is 1. The molecule has 0 spiro atoms. The predicted octanol–water partition coefficient (Wildman–Crippen LogP) is 1.55. The number of aliphatic hydroxyl groups is 1. The SMILES string of the molecule is Cc1[nH]nc2ncc(C(=O)NC3CCCCC3CO)cc12. The number of hydrogen-bond donors (Lipinski definition) is 3. The minimum Gasteiger partial charge on any atom is -0.396 e. The zero-order chi connectivity index (χ0) is 14.8. The fourth-order valence-electron chi connectivity index (χ4n) is 3.01. The maximum Gasteiger partial charge on any atom is 0.253 e. The third-order valence-corrected chi connectivity index (χ3v) is 4.32. The van der Waals surface area contributed by atoms with Gasteiger partial charge in [-0.1, -0.05) is 12.8 Å². The van der Waals surface area contributed by atoms with Crippen LogP contribution in [0.1, 0.15) is 41.7 Å². The van der Waals surface area contributed by atoms with Gasteiger partial charge in [-0.25, -0.2) is 4.98 Å². The maximum atomic E-state index is 12.4. The summed E-state index contributed by atoms with van der Waals surface area (Å²) >= 11 is 0. The first-order chi connectivity index (χ1) is 10.2. The molecule has 21 heavy (non-hydrogen) atoms. The molecule has 1 aliphatic carbocycles. The van der Waals surface area contributed by atoms with E-state index < -0.39 is 0 Å². The number of pyridine rings is 1. The number of nitrogens with one attached hydrogen (secondary N) is 2. The van der Waals surface area contributed by atoms with Crippen molar-refractivity contribution in [1.29, 1.82) is 0 Å². The molecule has 0 bridgehead atoms. The van der Waals surface area contributed by atoms with E-state index in [1.54, 1.807) is 6.20 Å². The molecule has 2 heterocycles. The van der Waals surface area contributed by atoms with Gasteiger partial charge in [-0.15, -0.1) is 0 Å². The number of aromatic nitrogens is 3. The van der Waals surface area contributed by atoms with E-state index >= 15 is 0 Å². The van der Waals surface area contributed by atoms with Crippen molar-refractivity contribution in [3.8, 4) is 0 Å². The molecule has 6 heteroatoms. The first-order valence-corrected chi connectivity index (χ1v) is 7.41. The average Bonchev–Trinajstić information content (AvgIpc) is 2.88. The van der Waals surface area contributed by atoms with Crippen molar-refractivity contribution in [3.63, 3.8) is 0 Å². The van der Waals surface area contributed by atoms with E-state index in [0.717, 1.165) is 36.8 Å². The number of nitrogens with zero attached hydrogens (tertiary/aromatic N) is 2. The van der Waals surface area contributed by atoms with Gasteiger partial charge in [0.1, 0.15) is 0 Å². The summed E-state index contributed by atoms with van der Waals surface area (Å²) in [5.74, 6) is 0.0328. The van der Waals surface area contributed by atoms with Gasteiger partial charge in [-0.3, -0.25) is 9.89 Å². The molecule has 2 aromatic heterocycles. The number of aliphatic hydroxyl groups excluding tert-OH is 1. The molecule has 2 atom stereocenters. The Balaban J connectivity index is 1.78. The molecule has 3 N–H and O–H groups in total. The monoisotopic (exact) mass is 288 g/mol. The fraction of sp³-hybridized carbons (Fsp3) is 0.533. The average molecular weight is 288 g/mol. The predicted molar refractivity (Wildman–Crippen MR) is 78.9 cm³/mol. The van der Waals surface area contributed by atoms with Crippen LogP contribution in [0.2, 0.25) is 0 Å². The van der Waals surface area contributed by atoms with Gasteiger partial charge >= 0.3 is 0 Å². The highest BCUT2D eigenvalue weighted by molar-refractivity contribution is 5.97. The van der Waals surface area contributed by atoms with Gasteiger partial charge in [-0.2, -0.15) is 5.10 Å². The summed E-state index contributed by atoms with van der Waals surface area (Å²) in [6, 6.07) is 1.87. The lowest BCUT2D eigenvalue weighted by atomic mass is 9.85. The molecule has 6 nitrogen and oxygen atoms in total. The number of fused-ring (bicyclic) bond motifs is 1. The van der Waals surface area contributed by atoms with Crippen molar-refractivity contribution in [1.82, 2.24) is 20.5 Å². The van der Waals surface area contributed by atoms with Crippen LogP contribution >= 0.6 is 0 Å². The van der Waals surface area contributed by atoms with Crippen molar-refractivity contribution in [2.75, 3.05) is 6.61 Å². The Morgan fingerprint density at radius 2 is 2.29 bits per heavy atom. The summed E-state index contributed by atoms with van der Waals surface area (Å²) in [6.07, 6.45) is 5.67. The first-order valence-electron chi connectivity index (χ1n) is 7.41. The second kappa shape index (κ2) is 5.81. The van der Waals surface area contributed by atoms with Gasteiger partial charge < -0.3 is 10.4 Å². The number of hydrogen-bond acceptors (Lipinski definition) is 4. The second-order valence-electron chi connectivity index (χ2n) is 5.75. The highest BCUT2D eigenvalue weighted by Crippen LogP contribution is 2.24. The summed E-state index contributed by atoms with van der Waals surface area (Å²) in [5, 5.41) is 20.2. The van der Waals surface area contributed by atoms with Crippen molar-refractivity contribution in [2.24, 2.45) is 5.92 Å². The Hall–Kier alpha value is -1.95. The molecule has 2 aromatic rings. The molecule has 0 aliphatic heterocycles. The molecule has 2 unspecified atom stereocenters. The standard InChI is InChI=1S/C15H20N4O2/c1-9-12-6-11(7-16-14(12)19-18-9)15(21)17-13-5-3-2-4-10(13)8-20/h6-7,10,13,20H,2-5,8H2,1H3,(H,17,21)(H,16,18,19). The van der Waals surface area contributed by atoms with E-state index in [9.17, 15) is 9.90 Å². The molecule has 0 saturated heterocycles. The van der Waals surface area contributed by atoms with Crippen LogP contribution in [-0.2, 0) is 0 Å². The highest BCUT2D eigenvalue weighted by atomic mass is 16.3. The van der Waals surface area contributed by atoms with Crippen LogP contribution in [0.25, 0.3) is 11.0 Å². The first kappa shape index (κ1) is 14.0. The number of rotatable bonds is 3. The van der Waals surface area contributed by atoms with Crippen LogP contribution in [-0.4, -0.2) is 38.8 Å². The zero-order valence-corrected chi connectivity index (χ0v) is 12.1. The lowest BCUT2D eigenvalue weighted by molar-refractivity contribution is 0.0872. The molecule has 0 aromatic carbocycles. The Labute approximate surface area is 123 Å². The van der Waals surface area contributed by atoms with Crippen LogP contribution in [0.15, 0.2) is 12.3 Å². The van der Waals surface area contributed by atoms with Crippen LogP contribution in [0.3, 0.4) is 0 Å². The fourth-order valence-corrected chi connectivity index (χ4v) is 3.01. The van der Waals surface area contributed by atoms with E-state index in [-0.39, 0.29) is 24.5 Å². The summed E-state index contributed by atoms with van der Waals surface area (Å²) in [4.78, 5) is 16.6. The van der Waals surface area contributed by atoms with E-state index in [4.69, 9.17) is 0 Å². The van der Waals surface area contributed by atoms with Crippen LogP contribution in [0, 0.1) is 12.8 Å². The van der Waals surface area contributed by atoms with Crippen LogP contribution in [0.4, 0.5) is 0 Å². The molecular formula is C15H20N4O2. The zero-order valence-electron chi connectivity index (χ0n) is 12.1. The highest BCUT2D eigenvalue weighted by Gasteiger charge is 2.26. The minimum absolute atomic E-state index is 0.0531. The molecule has 0 radical (unpaired) electrons. The minimum atomic E-state index is -0.129. The summed E-state index contributed by atoms with van der Waals surface area (Å²) < 4.78 is 0. The van der Waals surface area contributed by atoms with Crippen molar-refractivity contribution in [3.05, 3.63) is 23.5 Å². The lowest BCUT2D eigenvalue weighted by Gasteiger charge is -2.30. The molecule has 3 rings (SSSR count). The Kier molecular flexibility index (Phi) is 3.88. The Morgan fingerprint density at radius 1 is 1.48 bits per heavy atom. The lowest BCUT2D eigenvalue weighted by Crippen LogP contribution is -2.43. The second-order valence-corrected chi connectivity index (χ2v) is 5.75. The third kappa shape index (κ3) is 2.76. The molecular weight excluding hydrogens is 268 g/mol. The van der Waals surface area contributed by atoms with Crippen molar-refractivity contribution < 1.29 is 9.90 Å². The van der Waals surface area contributed by atoms with Gasteiger partial charge in [0, 0.05) is 35.8 Å². The van der Waals surface area contributed by atoms with E-state index in [0.29, 0.717) is 11.2 Å². The summed E-state index contributed by atoms with van der Waals surface area (Å²) in [6.45, 7) is 2.03. The van der Waals surface area contributed by atoms with Gasteiger partial charge in [0.05, 0.1) is 5.56 Å². The smallest absolute Gasteiger partial charge is 0.253 e. The van der Waals surface area contributed by atoms with Crippen molar-refractivity contribution in [2.45, 2.75) is 38.6 Å². The number of carbonyl (C=O) groups is 1. The van der Waals surface area contributed by atoms with E-state index in [2.05, 4.69) is 20.5 Å². The van der Waals surface area contributed by atoms with Crippen molar-refractivity contribution >= 4 is 16.9 Å². The normalized spacial score (nSPS) is 22.4. The largest absolute Gasteiger partial charge is 0.396 e. The quantitative estimate of drug-likeness (QED) is 0.799. The number of aromatic amines is 1. The Bertz CT molecular complexity index is 652. The number of H-pyrrole nitrogens is 1. The summed E-state index contributed by atoms with van der Waals surface area (Å²) in [7, 11) is 0.